The van der Waals surface area contributed by atoms with Crippen LogP contribution in [0.25, 0.3) is 11.4 Å². The zero-order valence-corrected chi connectivity index (χ0v) is 18.8. The van der Waals surface area contributed by atoms with Gasteiger partial charge in [0.05, 0.1) is 39.4 Å². The first-order chi connectivity index (χ1) is 15.5. The van der Waals surface area contributed by atoms with E-state index >= 15 is 0 Å². The van der Waals surface area contributed by atoms with Gasteiger partial charge in [-0.3, -0.25) is 4.79 Å². The molecule has 1 aliphatic rings. The first-order valence-corrected chi connectivity index (χ1v) is 10.1. The van der Waals surface area contributed by atoms with Gasteiger partial charge in [0.1, 0.15) is 5.75 Å². The molecule has 10 heteroatoms. The molecule has 0 radical (unpaired) electrons. The van der Waals surface area contributed by atoms with Crippen molar-refractivity contribution in [3.63, 3.8) is 0 Å². The van der Waals surface area contributed by atoms with Crippen LogP contribution in [0.4, 0.5) is 5.69 Å². The molecule has 0 unspecified atom stereocenters. The average molecular weight is 460 g/mol. The maximum atomic E-state index is 12.7. The largest absolute Gasteiger partial charge is 0.495 e. The predicted octanol–water partition coefficient (Wildman–Crippen LogP) is 3.94. The van der Waals surface area contributed by atoms with Gasteiger partial charge in [0.25, 0.3) is 0 Å². The third kappa shape index (κ3) is 3.91. The summed E-state index contributed by atoms with van der Waals surface area (Å²) in [6.07, 6.45) is 0.251. The molecule has 1 amide bonds. The average Bonchev–Trinajstić information content (AvgIpc) is 3.45. The molecule has 2 heterocycles. The highest BCUT2D eigenvalue weighted by atomic mass is 35.5. The molecule has 0 spiro atoms. The van der Waals surface area contributed by atoms with E-state index in [1.807, 2.05) is 0 Å². The maximum absolute atomic E-state index is 12.7. The summed E-state index contributed by atoms with van der Waals surface area (Å²) in [6, 6.07) is 8.70. The van der Waals surface area contributed by atoms with Gasteiger partial charge in [0.15, 0.2) is 11.5 Å². The van der Waals surface area contributed by atoms with Crippen molar-refractivity contribution in [1.29, 1.82) is 0 Å². The lowest BCUT2D eigenvalue weighted by Crippen LogP contribution is -2.24. The summed E-state index contributed by atoms with van der Waals surface area (Å²) < 4.78 is 26.8. The molecule has 1 saturated heterocycles. The highest BCUT2D eigenvalue weighted by molar-refractivity contribution is 6.32. The number of anilines is 1. The second-order valence-corrected chi connectivity index (χ2v) is 7.50. The molecule has 0 saturated carbocycles. The van der Waals surface area contributed by atoms with Crippen LogP contribution in [-0.2, 0) is 4.79 Å². The number of methoxy groups -OCH3 is 4. The minimum Gasteiger partial charge on any atom is -0.495 e. The maximum Gasteiger partial charge on any atom is 0.232 e. The van der Waals surface area contributed by atoms with E-state index in [9.17, 15) is 4.79 Å². The molecule has 0 aliphatic carbocycles. The van der Waals surface area contributed by atoms with Crippen LogP contribution in [0.2, 0.25) is 5.02 Å². The first-order valence-electron chi connectivity index (χ1n) is 9.77. The van der Waals surface area contributed by atoms with E-state index in [4.69, 9.17) is 35.1 Å². The van der Waals surface area contributed by atoms with Crippen molar-refractivity contribution in [2.75, 3.05) is 39.9 Å². The smallest absolute Gasteiger partial charge is 0.232 e. The second kappa shape index (κ2) is 8.96. The first kappa shape index (κ1) is 21.8. The van der Waals surface area contributed by atoms with Crippen molar-refractivity contribution in [1.82, 2.24) is 10.1 Å². The Hall–Kier alpha value is -3.46. The van der Waals surface area contributed by atoms with Gasteiger partial charge in [-0.15, -0.1) is 0 Å². The van der Waals surface area contributed by atoms with Gasteiger partial charge < -0.3 is 28.4 Å². The fourth-order valence-electron chi connectivity index (χ4n) is 3.67. The summed E-state index contributed by atoms with van der Waals surface area (Å²) in [4.78, 5) is 18.8. The Labute approximate surface area is 189 Å². The van der Waals surface area contributed by atoms with Crippen molar-refractivity contribution in [2.24, 2.45) is 0 Å². The van der Waals surface area contributed by atoms with Crippen LogP contribution < -0.4 is 23.8 Å². The Balaban J connectivity index is 1.58. The molecule has 2 aromatic carbocycles. The number of hydrogen-bond donors (Lipinski definition) is 0. The molecule has 4 rings (SSSR count). The van der Waals surface area contributed by atoms with Gasteiger partial charge in [0.2, 0.25) is 23.4 Å². The lowest BCUT2D eigenvalue weighted by atomic mass is 10.1. The number of nitrogens with zero attached hydrogens (tertiary/aromatic N) is 3. The second-order valence-electron chi connectivity index (χ2n) is 7.09. The van der Waals surface area contributed by atoms with Crippen LogP contribution in [0.3, 0.4) is 0 Å². The third-order valence-corrected chi connectivity index (χ3v) is 5.58. The van der Waals surface area contributed by atoms with Crippen LogP contribution in [0.1, 0.15) is 18.2 Å². The van der Waals surface area contributed by atoms with E-state index in [0.29, 0.717) is 57.5 Å². The van der Waals surface area contributed by atoms with Crippen LogP contribution in [0, 0.1) is 0 Å². The molecule has 9 nitrogen and oxygen atoms in total. The summed E-state index contributed by atoms with van der Waals surface area (Å²) in [7, 11) is 6.14. The molecule has 1 aliphatic heterocycles. The monoisotopic (exact) mass is 459 g/mol. The van der Waals surface area contributed by atoms with Gasteiger partial charge in [-0.2, -0.15) is 4.98 Å². The van der Waals surface area contributed by atoms with Crippen LogP contribution in [0.5, 0.6) is 23.0 Å². The Morgan fingerprint density at radius 3 is 2.28 bits per heavy atom. The lowest BCUT2D eigenvalue weighted by molar-refractivity contribution is -0.117. The van der Waals surface area contributed by atoms with Crippen LogP contribution in [0.15, 0.2) is 34.9 Å². The highest BCUT2D eigenvalue weighted by Crippen LogP contribution is 2.41. The molecule has 168 valence electrons. The summed E-state index contributed by atoms with van der Waals surface area (Å²) in [5.41, 5.74) is 1.32. The van der Waals surface area contributed by atoms with Crippen LogP contribution in [-0.4, -0.2) is 51.0 Å². The van der Waals surface area contributed by atoms with Gasteiger partial charge in [-0.05, 0) is 30.3 Å². The molecular weight excluding hydrogens is 438 g/mol. The SMILES string of the molecule is COc1ccc(N2C[C@@H](c3nc(-c4cc(OC)c(OC)c(OC)c4)no3)CC2=O)cc1Cl. The minimum atomic E-state index is -0.244. The van der Waals surface area contributed by atoms with Crippen LogP contribution >= 0.6 is 11.6 Å². The summed E-state index contributed by atoms with van der Waals surface area (Å²) in [5.74, 6) is 2.42. The number of carbonyl (C=O) groups is 1. The number of hydrogen-bond acceptors (Lipinski definition) is 8. The zero-order valence-electron chi connectivity index (χ0n) is 18.0. The predicted molar refractivity (Wildman–Crippen MR) is 117 cm³/mol. The molecule has 1 fully saturated rings. The summed E-state index contributed by atoms with van der Waals surface area (Å²) in [6.45, 7) is 0.401. The van der Waals surface area contributed by atoms with E-state index in [2.05, 4.69) is 10.1 Å². The van der Waals surface area contributed by atoms with E-state index in [1.165, 1.54) is 21.3 Å². The number of ether oxygens (including phenoxy) is 4. The van der Waals surface area contributed by atoms with Gasteiger partial charge in [0, 0.05) is 24.2 Å². The molecule has 0 N–H and O–H groups in total. The Kier molecular flexibility index (Phi) is 6.09. The van der Waals surface area contributed by atoms with Crippen molar-refractivity contribution in [2.45, 2.75) is 12.3 Å². The number of benzene rings is 2. The van der Waals surface area contributed by atoms with Crippen molar-refractivity contribution < 1.29 is 28.3 Å². The van der Waals surface area contributed by atoms with E-state index in [1.54, 1.807) is 42.3 Å². The number of rotatable bonds is 7. The topological polar surface area (TPSA) is 96.2 Å². The minimum absolute atomic E-state index is 0.0521. The Morgan fingerprint density at radius 2 is 1.69 bits per heavy atom. The van der Waals surface area contributed by atoms with E-state index in [-0.39, 0.29) is 18.2 Å². The van der Waals surface area contributed by atoms with Crippen molar-refractivity contribution >= 4 is 23.2 Å². The number of aromatic nitrogens is 2. The van der Waals surface area contributed by atoms with Crippen molar-refractivity contribution in [3.05, 3.63) is 41.2 Å². The molecule has 1 atom stereocenters. The lowest BCUT2D eigenvalue weighted by Gasteiger charge is -2.17. The Bertz CT molecular complexity index is 1120. The highest BCUT2D eigenvalue weighted by Gasteiger charge is 2.35. The molecule has 3 aromatic rings. The molecule has 1 aromatic heterocycles. The van der Waals surface area contributed by atoms with Crippen molar-refractivity contribution in [3.8, 4) is 34.4 Å². The van der Waals surface area contributed by atoms with E-state index in [0.717, 1.165) is 0 Å². The Morgan fingerprint density at radius 1 is 1.00 bits per heavy atom. The molecule has 0 bridgehead atoms. The number of carbonyl (C=O) groups excluding carboxylic acids is 1. The summed E-state index contributed by atoms with van der Waals surface area (Å²) in [5, 5.41) is 4.53. The molecular formula is C22H22ClN3O6. The van der Waals surface area contributed by atoms with Gasteiger partial charge in [-0.1, -0.05) is 16.8 Å². The fourth-order valence-corrected chi connectivity index (χ4v) is 3.93. The normalized spacial score (nSPS) is 15.7. The zero-order chi connectivity index (χ0) is 22.8. The van der Waals surface area contributed by atoms with Gasteiger partial charge >= 0.3 is 0 Å². The van der Waals surface area contributed by atoms with Gasteiger partial charge in [-0.25, -0.2) is 0 Å². The fraction of sp³-hybridized carbons (Fsp3) is 0.318. The van der Waals surface area contributed by atoms with E-state index < -0.39 is 0 Å². The quantitative estimate of drug-likeness (QED) is 0.524. The number of amides is 1. The standard InChI is InChI=1S/C22H22ClN3O6/c1-28-16-6-5-14(10-15(16)23)26-11-13(9-19(26)27)22-24-21(25-32-22)12-7-17(29-2)20(31-4)18(8-12)30-3/h5-8,10,13H,9,11H2,1-4H3/t13-/m0/s1. The third-order valence-electron chi connectivity index (χ3n) is 5.29. The molecule has 32 heavy (non-hydrogen) atoms. The number of halogens is 1. The summed E-state index contributed by atoms with van der Waals surface area (Å²) >= 11 is 6.22.